The molecule has 1 saturated heterocycles. The Labute approximate surface area is 129 Å². The zero-order chi connectivity index (χ0) is 14.7. The van der Waals surface area contributed by atoms with Crippen LogP contribution in [0.5, 0.6) is 0 Å². The molecule has 1 aliphatic heterocycles. The van der Waals surface area contributed by atoms with Gasteiger partial charge in [-0.05, 0) is 62.9 Å². The van der Waals surface area contributed by atoms with Crippen LogP contribution in [0.15, 0.2) is 24.3 Å². The van der Waals surface area contributed by atoms with Crippen LogP contribution in [-0.2, 0) is 6.42 Å². The Morgan fingerprint density at radius 2 is 2.05 bits per heavy atom. The van der Waals surface area contributed by atoms with E-state index in [1.807, 2.05) is 0 Å². The number of rotatable bonds is 4. The van der Waals surface area contributed by atoms with Gasteiger partial charge in [0.1, 0.15) is 0 Å². The second-order valence-electron chi connectivity index (χ2n) is 6.86. The molecule has 2 nitrogen and oxygen atoms in total. The number of nitrogens with one attached hydrogen (secondary N) is 1. The number of likely N-dealkylation sites (tertiary alicyclic amines) is 1. The fourth-order valence-corrected chi connectivity index (χ4v) is 4.48. The molecule has 0 aromatic heterocycles. The molecule has 2 heteroatoms. The molecule has 0 bridgehead atoms. The van der Waals surface area contributed by atoms with Crippen LogP contribution in [-0.4, -0.2) is 31.1 Å². The van der Waals surface area contributed by atoms with Gasteiger partial charge < -0.3 is 5.32 Å². The summed E-state index contributed by atoms with van der Waals surface area (Å²) in [5, 5.41) is 3.58. The molecule has 1 N–H and O–H groups in total. The highest BCUT2D eigenvalue weighted by Gasteiger charge is 2.35. The van der Waals surface area contributed by atoms with Crippen LogP contribution in [0.25, 0.3) is 0 Å². The van der Waals surface area contributed by atoms with Gasteiger partial charge in [-0.1, -0.05) is 44.0 Å². The van der Waals surface area contributed by atoms with E-state index in [9.17, 15) is 0 Å². The highest BCUT2D eigenvalue weighted by atomic mass is 15.2. The maximum Gasteiger partial charge on any atom is 0.0481 e. The highest BCUT2D eigenvalue weighted by molar-refractivity contribution is 5.37. The van der Waals surface area contributed by atoms with E-state index in [-0.39, 0.29) is 0 Å². The zero-order valence-corrected chi connectivity index (χ0v) is 13.6. The molecular weight excluding hydrogens is 256 g/mol. The lowest BCUT2D eigenvalue weighted by Crippen LogP contribution is -2.42. The molecular formula is C19H30N2. The first-order chi connectivity index (χ1) is 10.3. The molecule has 0 spiro atoms. The Hall–Kier alpha value is -0.860. The molecule has 116 valence electrons. The average Bonchev–Trinajstić information content (AvgIpc) is 2.72. The normalized spacial score (nSPS) is 30.1. The lowest BCUT2D eigenvalue weighted by Gasteiger charge is -2.32. The van der Waals surface area contributed by atoms with Crippen LogP contribution in [0.1, 0.15) is 56.2 Å². The topological polar surface area (TPSA) is 15.3 Å². The fourth-order valence-electron chi connectivity index (χ4n) is 4.48. The summed E-state index contributed by atoms with van der Waals surface area (Å²) in [5.41, 5.74) is 3.08. The van der Waals surface area contributed by atoms with Gasteiger partial charge >= 0.3 is 0 Å². The smallest absolute Gasteiger partial charge is 0.0481 e. The molecule has 0 amide bonds. The van der Waals surface area contributed by atoms with E-state index in [1.165, 1.54) is 57.2 Å². The number of nitrogens with zero attached hydrogens (tertiary/aromatic N) is 1. The summed E-state index contributed by atoms with van der Waals surface area (Å²) in [6.45, 7) is 4.91. The Bertz CT molecular complexity index is 457. The summed E-state index contributed by atoms with van der Waals surface area (Å²) in [6.07, 6.45) is 8.21. The molecule has 1 aromatic rings. The standard InChI is InChI=1S/C19H30N2/c1-3-7-15-8-6-12-21(13-11-15)18-14-16-9-4-5-10-17(16)19(18)20-2/h4-5,9-10,15,18-20H,3,6-8,11-14H2,1-2H3. The van der Waals surface area contributed by atoms with Gasteiger partial charge in [0.2, 0.25) is 0 Å². The SMILES string of the molecule is CCCC1CCCN(C2Cc3ccccc3C2NC)CC1. The molecule has 3 atom stereocenters. The van der Waals surface area contributed by atoms with Gasteiger partial charge in [-0.3, -0.25) is 4.90 Å². The van der Waals surface area contributed by atoms with Crippen LogP contribution < -0.4 is 5.32 Å². The van der Waals surface area contributed by atoms with Crippen LogP contribution >= 0.6 is 0 Å². The van der Waals surface area contributed by atoms with E-state index in [0.717, 1.165) is 5.92 Å². The molecule has 3 rings (SSSR count). The van der Waals surface area contributed by atoms with Crippen LogP contribution in [0.4, 0.5) is 0 Å². The Kier molecular flexibility index (Phi) is 4.97. The van der Waals surface area contributed by atoms with E-state index in [1.54, 1.807) is 5.56 Å². The Morgan fingerprint density at radius 1 is 1.19 bits per heavy atom. The predicted molar refractivity (Wildman–Crippen MR) is 89.6 cm³/mol. The summed E-state index contributed by atoms with van der Waals surface area (Å²) >= 11 is 0. The second-order valence-corrected chi connectivity index (χ2v) is 6.86. The third-order valence-electron chi connectivity index (χ3n) is 5.56. The minimum Gasteiger partial charge on any atom is -0.312 e. The minimum absolute atomic E-state index is 0.518. The molecule has 3 unspecified atom stereocenters. The third kappa shape index (κ3) is 3.17. The summed E-state index contributed by atoms with van der Waals surface area (Å²) in [5.74, 6) is 0.969. The van der Waals surface area contributed by atoms with E-state index in [2.05, 4.69) is 48.5 Å². The number of hydrogen-bond donors (Lipinski definition) is 1. The molecule has 0 saturated carbocycles. The highest BCUT2D eigenvalue weighted by Crippen LogP contribution is 2.35. The van der Waals surface area contributed by atoms with Gasteiger partial charge in [-0.15, -0.1) is 0 Å². The molecule has 1 aliphatic carbocycles. The van der Waals surface area contributed by atoms with Gasteiger partial charge in [-0.2, -0.15) is 0 Å². The van der Waals surface area contributed by atoms with Crippen molar-refractivity contribution in [1.29, 1.82) is 0 Å². The maximum atomic E-state index is 3.58. The molecule has 1 aromatic carbocycles. The van der Waals surface area contributed by atoms with Crippen molar-refractivity contribution < 1.29 is 0 Å². The largest absolute Gasteiger partial charge is 0.312 e. The first-order valence-electron chi connectivity index (χ1n) is 8.82. The number of fused-ring (bicyclic) bond motifs is 1. The van der Waals surface area contributed by atoms with Gasteiger partial charge in [0.25, 0.3) is 0 Å². The summed E-state index contributed by atoms with van der Waals surface area (Å²) in [7, 11) is 2.12. The van der Waals surface area contributed by atoms with Gasteiger partial charge in [0, 0.05) is 12.1 Å². The molecule has 1 heterocycles. The number of likely N-dealkylation sites (N-methyl/N-ethyl adjacent to an activating group) is 1. The first kappa shape index (κ1) is 15.1. The van der Waals surface area contributed by atoms with Gasteiger partial charge in [0.05, 0.1) is 0 Å². The molecule has 2 aliphatic rings. The van der Waals surface area contributed by atoms with E-state index in [0.29, 0.717) is 12.1 Å². The average molecular weight is 286 g/mol. The van der Waals surface area contributed by atoms with Crippen molar-refractivity contribution in [2.45, 2.75) is 57.5 Å². The zero-order valence-electron chi connectivity index (χ0n) is 13.6. The summed E-state index contributed by atoms with van der Waals surface area (Å²) in [4.78, 5) is 2.77. The van der Waals surface area contributed by atoms with Crippen LogP contribution in [0.3, 0.4) is 0 Å². The third-order valence-corrected chi connectivity index (χ3v) is 5.56. The lowest BCUT2D eigenvalue weighted by atomic mass is 9.96. The van der Waals surface area contributed by atoms with Crippen molar-refractivity contribution in [1.82, 2.24) is 10.2 Å². The Morgan fingerprint density at radius 3 is 2.86 bits per heavy atom. The van der Waals surface area contributed by atoms with Crippen molar-refractivity contribution in [2.75, 3.05) is 20.1 Å². The van der Waals surface area contributed by atoms with Crippen LogP contribution in [0, 0.1) is 5.92 Å². The molecule has 0 radical (unpaired) electrons. The van der Waals surface area contributed by atoms with Crippen molar-refractivity contribution in [3.05, 3.63) is 35.4 Å². The number of hydrogen-bond acceptors (Lipinski definition) is 2. The monoisotopic (exact) mass is 286 g/mol. The van der Waals surface area contributed by atoms with Crippen molar-refractivity contribution in [3.8, 4) is 0 Å². The summed E-state index contributed by atoms with van der Waals surface area (Å²) < 4.78 is 0. The predicted octanol–water partition coefficient (Wildman–Crippen LogP) is 3.77. The van der Waals surface area contributed by atoms with E-state index in [4.69, 9.17) is 0 Å². The van der Waals surface area contributed by atoms with Crippen molar-refractivity contribution >= 4 is 0 Å². The van der Waals surface area contributed by atoms with Gasteiger partial charge in [0.15, 0.2) is 0 Å². The minimum atomic E-state index is 0.518. The number of benzene rings is 1. The fraction of sp³-hybridized carbons (Fsp3) is 0.684. The van der Waals surface area contributed by atoms with Gasteiger partial charge in [-0.25, -0.2) is 0 Å². The van der Waals surface area contributed by atoms with Crippen molar-refractivity contribution in [3.63, 3.8) is 0 Å². The second kappa shape index (κ2) is 6.93. The quantitative estimate of drug-likeness (QED) is 0.906. The van der Waals surface area contributed by atoms with Crippen LogP contribution in [0.2, 0.25) is 0 Å². The van der Waals surface area contributed by atoms with Crippen molar-refractivity contribution in [2.24, 2.45) is 5.92 Å². The van der Waals surface area contributed by atoms with E-state index < -0.39 is 0 Å². The molecule has 1 fully saturated rings. The lowest BCUT2D eigenvalue weighted by molar-refractivity contribution is 0.173. The maximum absolute atomic E-state index is 3.58. The van der Waals surface area contributed by atoms with E-state index >= 15 is 0 Å². The Balaban J connectivity index is 1.70. The summed E-state index contributed by atoms with van der Waals surface area (Å²) in [6, 6.07) is 10.2. The first-order valence-corrected chi connectivity index (χ1v) is 8.82. The molecule has 21 heavy (non-hydrogen) atoms.